The second-order valence-electron chi connectivity index (χ2n) is 6.09. The molecule has 1 saturated carbocycles. The summed E-state index contributed by atoms with van der Waals surface area (Å²) in [7, 11) is 0. The largest absolute Gasteiger partial charge is 0.319 e. The van der Waals surface area contributed by atoms with Crippen LogP contribution < -0.4 is 5.32 Å². The van der Waals surface area contributed by atoms with Gasteiger partial charge in [-0.05, 0) is 31.4 Å². The summed E-state index contributed by atoms with van der Waals surface area (Å²) < 4.78 is 2.18. The number of fused-ring (bicyclic) bond motifs is 1. The van der Waals surface area contributed by atoms with E-state index in [0.717, 1.165) is 34.2 Å². The van der Waals surface area contributed by atoms with Gasteiger partial charge in [0.1, 0.15) is 5.01 Å². The maximum atomic E-state index is 12.2. The van der Waals surface area contributed by atoms with Crippen molar-refractivity contribution in [3.05, 3.63) is 29.3 Å². The van der Waals surface area contributed by atoms with E-state index in [4.69, 9.17) is 0 Å². The van der Waals surface area contributed by atoms with Gasteiger partial charge in [0.2, 0.25) is 11.0 Å². The number of carbonyl (C=O) groups excluding carboxylic acids is 1. The predicted molar refractivity (Wildman–Crippen MR) is 101 cm³/mol. The van der Waals surface area contributed by atoms with E-state index in [2.05, 4.69) is 38.1 Å². The summed E-state index contributed by atoms with van der Waals surface area (Å²) in [5.74, 6) is 0.802. The zero-order valence-electron chi connectivity index (χ0n) is 13.9. The van der Waals surface area contributed by atoms with E-state index in [-0.39, 0.29) is 5.91 Å². The number of nitrogens with one attached hydrogen (secondary N) is 1. The molecular weight excluding hydrogens is 354 g/mol. The van der Waals surface area contributed by atoms with E-state index in [0.29, 0.717) is 16.8 Å². The van der Waals surface area contributed by atoms with Gasteiger partial charge in [0.25, 0.3) is 0 Å². The lowest BCUT2D eigenvalue weighted by Crippen LogP contribution is -2.14. The first-order chi connectivity index (χ1) is 12.2. The molecule has 2 aromatic heterocycles. The van der Waals surface area contributed by atoms with Crippen molar-refractivity contribution in [2.45, 2.75) is 43.8 Å². The van der Waals surface area contributed by atoms with Crippen molar-refractivity contribution in [2.24, 2.45) is 0 Å². The highest BCUT2D eigenvalue weighted by Gasteiger charge is 2.27. The monoisotopic (exact) mass is 373 g/mol. The Morgan fingerprint density at radius 1 is 1.36 bits per heavy atom. The highest BCUT2D eigenvalue weighted by Crippen LogP contribution is 2.42. The van der Waals surface area contributed by atoms with Crippen LogP contribution in [0.1, 0.15) is 37.1 Å². The third kappa shape index (κ3) is 3.69. The number of aryl methyl sites for hydroxylation is 1. The first-order valence-corrected chi connectivity index (χ1v) is 10.3. The fourth-order valence-electron chi connectivity index (χ4n) is 2.67. The Bertz CT molecular complexity index is 899. The smallest absolute Gasteiger partial charge is 0.236 e. The van der Waals surface area contributed by atoms with Gasteiger partial charge in [-0.2, -0.15) is 0 Å². The number of benzene rings is 1. The Kier molecular flexibility index (Phi) is 4.72. The zero-order valence-corrected chi connectivity index (χ0v) is 15.6. The van der Waals surface area contributed by atoms with Gasteiger partial charge in [0.15, 0.2) is 5.16 Å². The second kappa shape index (κ2) is 7.13. The van der Waals surface area contributed by atoms with Crippen LogP contribution >= 0.6 is 23.1 Å². The summed E-state index contributed by atoms with van der Waals surface area (Å²) in [4.78, 5) is 16.9. The van der Waals surface area contributed by atoms with Gasteiger partial charge in [0.05, 0.1) is 16.8 Å². The maximum Gasteiger partial charge on any atom is 0.236 e. The lowest BCUT2D eigenvalue weighted by molar-refractivity contribution is -0.113. The Labute approximate surface area is 154 Å². The highest BCUT2D eigenvalue weighted by atomic mass is 32.2. The van der Waals surface area contributed by atoms with E-state index >= 15 is 0 Å². The summed E-state index contributed by atoms with van der Waals surface area (Å²) in [6, 6.07) is 8.08. The summed E-state index contributed by atoms with van der Waals surface area (Å²) in [6.45, 7) is 3.04. The van der Waals surface area contributed by atoms with Crippen molar-refractivity contribution in [3.63, 3.8) is 0 Å². The molecule has 6 nitrogen and oxygen atoms in total. The summed E-state index contributed by atoms with van der Waals surface area (Å²) >= 11 is 2.95. The standard InChI is InChI=1S/C17H19N5OS2/c1-2-9-22-13-6-4-3-5-12(13)18-17(22)24-10-14(23)19-16-21-20-15(25-16)11-7-8-11/h3-6,11H,2,7-10H2,1H3,(H,19,21,23). The molecule has 1 fully saturated rings. The quantitative estimate of drug-likeness (QED) is 0.636. The number of hydrogen-bond donors (Lipinski definition) is 1. The van der Waals surface area contributed by atoms with Gasteiger partial charge in [-0.25, -0.2) is 4.98 Å². The Hall–Kier alpha value is -1.93. The number of hydrogen-bond acceptors (Lipinski definition) is 6. The molecule has 1 aromatic carbocycles. The van der Waals surface area contributed by atoms with E-state index < -0.39 is 0 Å². The Morgan fingerprint density at radius 3 is 3.00 bits per heavy atom. The summed E-state index contributed by atoms with van der Waals surface area (Å²) in [5, 5.41) is 13.6. The molecule has 0 bridgehead atoms. The third-order valence-electron chi connectivity index (χ3n) is 4.01. The zero-order chi connectivity index (χ0) is 17.2. The number of thioether (sulfide) groups is 1. The van der Waals surface area contributed by atoms with Crippen molar-refractivity contribution in [3.8, 4) is 0 Å². The lowest BCUT2D eigenvalue weighted by atomic mass is 10.3. The molecule has 2 heterocycles. The van der Waals surface area contributed by atoms with Crippen LogP contribution in [0.25, 0.3) is 11.0 Å². The van der Waals surface area contributed by atoms with E-state index in [9.17, 15) is 4.79 Å². The number of amides is 1. The molecule has 130 valence electrons. The van der Waals surface area contributed by atoms with Gasteiger partial charge in [-0.3, -0.25) is 10.1 Å². The number of nitrogens with zero attached hydrogens (tertiary/aromatic N) is 4. The van der Waals surface area contributed by atoms with Crippen LogP contribution in [0, 0.1) is 0 Å². The predicted octanol–water partition coefficient (Wildman–Crippen LogP) is 3.91. The fraction of sp³-hybridized carbons (Fsp3) is 0.412. The van der Waals surface area contributed by atoms with Crippen LogP contribution in [-0.4, -0.2) is 31.4 Å². The average molecular weight is 374 g/mol. The van der Waals surface area contributed by atoms with Crippen LogP contribution in [0.2, 0.25) is 0 Å². The van der Waals surface area contributed by atoms with Gasteiger partial charge >= 0.3 is 0 Å². The number of anilines is 1. The molecule has 0 aliphatic heterocycles. The van der Waals surface area contributed by atoms with Gasteiger partial charge in [-0.1, -0.05) is 42.2 Å². The molecule has 0 spiro atoms. The van der Waals surface area contributed by atoms with Crippen molar-refractivity contribution < 1.29 is 4.79 Å². The van der Waals surface area contributed by atoms with Crippen LogP contribution in [0.5, 0.6) is 0 Å². The van der Waals surface area contributed by atoms with E-state index in [1.54, 1.807) is 0 Å². The summed E-state index contributed by atoms with van der Waals surface area (Å²) in [6.07, 6.45) is 3.40. The van der Waals surface area contributed by atoms with Crippen LogP contribution in [-0.2, 0) is 11.3 Å². The van der Waals surface area contributed by atoms with Crippen molar-refractivity contribution in [2.75, 3.05) is 11.1 Å². The molecule has 0 atom stereocenters. The second-order valence-corrected chi connectivity index (χ2v) is 8.04. The Balaban J connectivity index is 1.42. The first-order valence-electron chi connectivity index (χ1n) is 8.46. The van der Waals surface area contributed by atoms with E-state index in [1.807, 2.05) is 18.2 Å². The molecule has 3 aromatic rings. The molecule has 25 heavy (non-hydrogen) atoms. The van der Waals surface area contributed by atoms with Crippen molar-refractivity contribution in [1.29, 1.82) is 0 Å². The van der Waals surface area contributed by atoms with Gasteiger partial charge in [0, 0.05) is 12.5 Å². The summed E-state index contributed by atoms with van der Waals surface area (Å²) in [5.41, 5.74) is 2.09. The number of carbonyl (C=O) groups is 1. The molecule has 1 aliphatic rings. The minimum atomic E-state index is -0.0707. The van der Waals surface area contributed by atoms with Crippen LogP contribution in [0.4, 0.5) is 5.13 Å². The molecule has 8 heteroatoms. The van der Waals surface area contributed by atoms with E-state index in [1.165, 1.54) is 35.9 Å². The SMILES string of the molecule is CCCn1c(SCC(=O)Nc2nnc(C3CC3)s2)nc2ccccc21. The minimum absolute atomic E-state index is 0.0707. The molecule has 1 aliphatic carbocycles. The van der Waals surface area contributed by atoms with Gasteiger partial charge in [-0.15, -0.1) is 10.2 Å². The number of rotatable bonds is 7. The fourth-order valence-corrected chi connectivity index (χ4v) is 4.44. The molecule has 4 rings (SSSR count). The number of aromatic nitrogens is 4. The van der Waals surface area contributed by atoms with Crippen LogP contribution in [0.3, 0.4) is 0 Å². The van der Waals surface area contributed by atoms with Crippen LogP contribution in [0.15, 0.2) is 29.4 Å². The normalized spacial score (nSPS) is 14.1. The lowest BCUT2D eigenvalue weighted by Gasteiger charge is -2.07. The number of para-hydroxylation sites is 2. The van der Waals surface area contributed by atoms with Crippen molar-refractivity contribution in [1.82, 2.24) is 19.7 Å². The molecular formula is C17H19N5OS2. The highest BCUT2D eigenvalue weighted by molar-refractivity contribution is 7.99. The molecule has 1 amide bonds. The molecule has 0 saturated heterocycles. The minimum Gasteiger partial charge on any atom is -0.319 e. The third-order valence-corrected chi connectivity index (χ3v) is 5.99. The average Bonchev–Trinajstić information content (AvgIpc) is 3.27. The number of imidazole rings is 1. The Morgan fingerprint density at radius 2 is 2.20 bits per heavy atom. The van der Waals surface area contributed by atoms with Gasteiger partial charge < -0.3 is 4.57 Å². The maximum absolute atomic E-state index is 12.2. The van der Waals surface area contributed by atoms with Crippen molar-refractivity contribution >= 4 is 45.2 Å². The molecule has 1 N–H and O–H groups in total. The molecule has 0 unspecified atom stereocenters. The molecule has 0 radical (unpaired) electrons. The first kappa shape index (κ1) is 16.5. The topological polar surface area (TPSA) is 72.7 Å².